The molecule has 1 aromatic rings. The zero-order valence-corrected chi connectivity index (χ0v) is 12.3. The molecule has 0 spiro atoms. The van der Waals surface area contributed by atoms with Crippen LogP contribution in [0.1, 0.15) is 50.8 Å². The maximum atomic E-state index is 14.3. The van der Waals surface area contributed by atoms with Crippen molar-refractivity contribution in [1.82, 2.24) is 5.32 Å². The van der Waals surface area contributed by atoms with Crippen molar-refractivity contribution >= 4 is 0 Å². The molecule has 0 aliphatic heterocycles. The number of methoxy groups -OCH3 is 1. The van der Waals surface area contributed by atoms with Crippen LogP contribution in [0.3, 0.4) is 0 Å². The Morgan fingerprint density at radius 3 is 2.79 bits per heavy atom. The third-order valence-corrected chi connectivity index (χ3v) is 4.07. The van der Waals surface area contributed by atoms with Crippen molar-refractivity contribution in [3.63, 3.8) is 0 Å². The van der Waals surface area contributed by atoms with Crippen LogP contribution in [0.25, 0.3) is 0 Å². The molecule has 0 radical (unpaired) electrons. The van der Waals surface area contributed by atoms with E-state index in [0.29, 0.717) is 5.75 Å². The molecule has 0 fully saturated rings. The average molecular weight is 265 g/mol. The summed E-state index contributed by atoms with van der Waals surface area (Å²) in [6, 6.07) is 3.70. The van der Waals surface area contributed by atoms with E-state index in [2.05, 4.69) is 26.1 Å². The van der Waals surface area contributed by atoms with E-state index in [1.165, 1.54) is 6.07 Å². The zero-order chi connectivity index (χ0) is 14.0. The highest BCUT2D eigenvalue weighted by Gasteiger charge is 2.30. The molecule has 1 unspecified atom stereocenters. The first kappa shape index (κ1) is 14.3. The number of nitrogens with one attached hydrogen (secondary N) is 1. The molecule has 1 N–H and O–H groups in total. The number of rotatable bonds is 3. The molecule has 106 valence electrons. The van der Waals surface area contributed by atoms with Gasteiger partial charge in [0.25, 0.3) is 0 Å². The minimum atomic E-state index is -0.130. The van der Waals surface area contributed by atoms with Gasteiger partial charge in [-0.15, -0.1) is 0 Å². The molecular formula is C16H24FNO. The third-order valence-electron chi connectivity index (χ3n) is 4.07. The van der Waals surface area contributed by atoms with Crippen molar-refractivity contribution in [2.45, 2.75) is 46.1 Å². The van der Waals surface area contributed by atoms with E-state index in [-0.39, 0.29) is 17.3 Å². The summed E-state index contributed by atoms with van der Waals surface area (Å²) in [5.74, 6) is 0.480. The molecule has 0 saturated carbocycles. The molecule has 2 nitrogen and oxygen atoms in total. The van der Waals surface area contributed by atoms with Crippen LogP contribution in [0.5, 0.6) is 5.75 Å². The Morgan fingerprint density at radius 1 is 1.42 bits per heavy atom. The van der Waals surface area contributed by atoms with Gasteiger partial charge in [0.15, 0.2) is 0 Å². The number of halogens is 1. The zero-order valence-electron chi connectivity index (χ0n) is 12.3. The number of benzene rings is 1. The van der Waals surface area contributed by atoms with Crippen LogP contribution in [0.4, 0.5) is 4.39 Å². The summed E-state index contributed by atoms with van der Waals surface area (Å²) in [6.07, 6.45) is 2.85. The van der Waals surface area contributed by atoms with Crippen molar-refractivity contribution < 1.29 is 9.13 Å². The SMILES string of the molecule is CCNC1CC(C)(C)CCc2c(F)cc(OC)cc21. The molecule has 0 heterocycles. The van der Waals surface area contributed by atoms with E-state index >= 15 is 0 Å². The van der Waals surface area contributed by atoms with Gasteiger partial charge >= 0.3 is 0 Å². The predicted molar refractivity (Wildman–Crippen MR) is 76.1 cm³/mol. The third kappa shape index (κ3) is 3.08. The minimum absolute atomic E-state index is 0.130. The van der Waals surface area contributed by atoms with Gasteiger partial charge in [-0.1, -0.05) is 20.8 Å². The van der Waals surface area contributed by atoms with E-state index in [4.69, 9.17) is 4.74 Å². The quantitative estimate of drug-likeness (QED) is 0.838. The van der Waals surface area contributed by atoms with Gasteiger partial charge < -0.3 is 10.1 Å². The lowest BCUT2D eigenvalue weighted by Gasteiger charge is -2.27. The highest BCUT2D eigenvalue weighted by molar-refractivity contribution is 5.40. The van der Waals surface area contributed by atoms with Crippen LogP contribution in [-0.2, 0) is 6.42 Å². The topological polar surface area (TPSA) is 21.3 Å². The van der Waals surface area contributed by atoms with Crippen LogP contribution in [0, 0.1) is 11.2 Å². The highest BCUT2D eigenvalue weighted by atomic mass is 19.1. The summed E-state index contributed by atoms with van der Waals surface area (Å²) in [6.45, 7) is 7.50. The Balaban J connectivity index is 2.47. The Hall–Kier alpha value is -1.09. The normalized spacial score (nSPS) is 21.6. The van der Waals surface area contributed by atoms with Crippen LogP contribution < -0.4 is 10.1 Å². The van der Waals surface area contributed by atoms with Crippen LogP contribution >= 0.6 is 0 Å². The fourth-order valence-corrected chi connectivity index (χ4v) is 2.98. The van der Waals surface area contributed by atoms with Crippen molar-refractivity contribution in [3.8, 4) is 5.75 Å². The smallest absolute Gasteiger partial charge is 0.130 e. The minimum Gasteiger partial charge on any atom is -0.497 e. The lowest BCUT2D eigenvalue weighted by Crippen LogP contribution is -2.25. The number of ether oxygens (including phenoxy) is 1. The molecule has 0 amide bonds. The van der Waals surface area contributed by atoms with Crippen LogP contribution in [-0.4, -0.2) is 13.7 Å². The molecule has 0 saturated heterocycles. The Morgan fingerprint density at radius 2 is 2.16 bits per heavy atom. The van der Waals surface area contributed by atoms with Crippen LogP contribution in [0.2, 0.25) is 0 Å². The second-order valence-corrected chi connectivity index (χ2v) is 6.16. The lowest BCUT2D eigenvalue weighted by atomic mass is 9.83. The summed E-state index contributed by atoms with van der Waals surface area (Å²) in [4.78, 5) is 0. The first-order valence-corrected chi connectivity index (χ1v) is 7.06. The highest BCUT2D eigenvalue weighted by Crippen LogP contribution is 2.41. The standard InChI is InChI=1S/C16H24FNO/c1-5-18-15-10-16(2,3)7-6-12-13(15)8-11(19-4)9-14(12)17/h8-9,15,18H,5-7,10H2,1-4H3. The van der Waals surface area contributed by atoms with Crippen molar-refractivity contribution in [1.29, 1.82) is 0 Å². The number of hydrogen-bond donors (Lipinski definition) is 1. The molecule has 1 aliphatic rings. The Bertz CT molecular complexity index is 456. The second-order valence-electron chi connectivity index (χ2n) is 6.16. The number of fused-ring (bicyclic) bond motifs is 1. The summed E-state index contributed by atoms with van der Waals surface area (Å²) in [5, 5.41) is 3.49. The number of hydrogen-bond acceptors (Lipinski definition) is 2. The molecule has 0 aromatic heterocycles. The van der Waals surface area contributed by atoms with Gasteiger partial charge in [0.1, 0.15) is 11.6 Å². The average Bonchev–Trinajstić information content (AvgIpc) is 2.47. The maximum Gasteiger partial charge on any atom is 0.130 e. The predicted octanol–water partition coefficient (Wildman–Crippen LogP) is 3.85. The molecule has 19 heavy (non-hydrogen) atoms. The van der Waals surface area contributed by atoms with Gasteiger partial charge in [-0.05, 0) is 48.4 Å². The molecule has 1 aromatic carbocycles. The summed E-state index contributed by atoms with van der Waals surface area (Å²) in [7, 11) is 1.59. The van der Waals surface area contributed by atoms with Gasteiger partial charge in [-0.2, -0.15) is 0 Å². The van der Waals surface area contributed by atoms with Gasteiger partial charge in [0.2, 0.25) is 0 Å². The monoisotopic (exact) mass is 265 g/mol. The van der Waals surface area contributed by atoms with E-state index in [1.54, 1.807) is 7.11 Å². The van der Waals surface area contributed by atoms with E-state index in [9.17, 15) is 4.39 Å². The summed E-state index contributed by atoms with van der Waals surface area (Å²) in [5.41, 5.74) is 2.16. The molecular weight excluding hydrogens is 241 g/mol. The maximum absolute atomic E-state index is 14.3. The van der Waals surface area contributed by atoms with Crippen LogP contribution in [0.15, 0.2) is 12.1 Å². The van der Waals surface area contributed by atoms with Crippen molar-refractivity contribution in [2.24, 2.45) is 5.41 Å². The first-order valence-electron chi connectivity index (χ1n) is 7.06. The molecule has 1 atom stereocenters. The van der Waals surface area contributed by atoms with E-state index in [1.807, 2.05) is 6.07 Å². The van der Waals surface area contributed by atoms with Gasteiger partial charge in [-0.3, -0.25) is 0 Å². The second kappa shape index (κ2) is 5.49. The summed E-state index contributed by atoms with van der Waals surface area (Å²) < 4.78 is 19.5. The largest absolute Gasteiger partial charge is 0.497 e. The fourth-order valence-electron chi connectivity index (χ4n) is 2.98. The fraction of sp³-hybridized carbons (Fsp3) is 0.625. The molecule has 1 aliphatic carbocycles. The molecule has 3 heteroatoms. The van der Waals surface area contributed by atoms with Gasteiger partial charge in [0.05, 0.1) is 7.11 Å². The molecule has 2 rings (SSSR count). The Labute approximate surface area is 115 Å². The first-order chi connectivity index (χ1) is 8.96. The van der Waals surface area contributed by atoms with Crippen molar-refractivity contribution in [3.05, 3.63) is 29.1 Å². The Kier molecular flexibility index (Phi) is 4.14. The summed E-state index contributed by atoms with van der Waals surface area (Å²) >= 11 is 0. The molecule has 0 bridgehead atoms. The van der Waals surface area contributed by atoms with E-state index < -0.39 is 0 Å². The lowest BCUT2D eigenvalue weighted by molar-refractivity contribution is 0.275. The van der Waals surface area contributed by atoms with Gasteiger partial charge in [-0.25, -0.2) is 4.39 Å². The van der Waals surface area contributed by atoms with Crippen molar-refractivity contribution in [2.75, 3.05) is 13.7 Å². The van der Waals surface area contributed by atoms with E-state index in [0.717, 1.165) is 36.9 Å². The van der Waals surface area contributed by atoms with Gasteiger partial charge in [0, 0.05) is 12.1 Å².